The monoisotopic (exact) mass is 258 g/mol. The molecule has 3 heteroatoms. The number of carbonyl (C=O) groups is 1. The summed E-state index contributed by atoms with van der Waals surface area (Å²) in [7, 11) is 0. The van der Waals surface area contributed by atoms with Crippen LogP contribution in [0.5, 0.6) is 11.5 Å². The van der Waals surface area contributed by atoms with Crippen molar-refractivity contribution < 1.29 is 14.3 Å². The summed E-state index contributed by atoms with van der Waals surface area (Å²) >= 11 is 0. The molecule has 0 aliphatic carbocycles. The van der Waals surface area contributed by atoms with Crippen LogP contribution >= 0.6 is 0 Å². The van der Waals surface area contributed by atoms with Gasteiger partial charge in [-0.3, -0.25) is 4.79 Å². The smallest absolute Gasteiger partial charge is 0.159 e. The summed E-state index contributed by atoms with van der Waals surface area (Å²) in [5.74, 6) is 1.61. The molecule has 0 spiro atoms. The zero-order valence-corrected chi connectivity index (χ0v) is 11.5. The SMILES string of the molecule is CCOc1cc(OCC)c2ccc(C(C)=O)cc2c1. The number of ketones is 1. The predicted octanol–water partition coefficient (Wildman–Crippen LogP) is 3.84. The fourth-order valence-electron chi connectivity index (χ4n) is 2.05. The second-order valence-corrected chi connectivity index (χ2v) is 4.28. The predicted molar refractivity (Wildman–Crippen MR) is 76.3 cm³/mol. The fourth-order valence-corrected chi connectivity index (χ4v) is 2.05. The van der Waals surface area contributed by atoms with E-state index in [0.717, 1.165) is 22.3 Å². The van der Waals surface area contributed by atoms with E-state index < -0.39 is 0 Å². The van der Waals surface area contributed by atoms with E-state index in [2.05, 4.69) is 0 Å². The van der Waals surface area contributed by atoms with Gasteiger partial charge in [-0.05, 0) is 44.4 Å². The van der Waals surface area contributed by atoms with Crippen molar-refractivity contribution in [1.82, 2.24) is 0 Å². The first-order chi connectivity index (χ1) is 9.15. The van der Waals surface area contributed by atoms with Crippen molar-refractivity contribution in [3.05, 3.63) is 35.9 Å². The molecule has 3 nitrogen and oxygen atoms in total. The first-order valence-electron chi connectivity index (χ1n) is 6.50. The van der Waals surface area contributed by atoms with Crippen LogP contribution in [0.4, 0.5) is 0 Å². The Morgan fingerprint density at radius 3 is 2.42 bits per heavy atom. The van der Waals surface area contributed by atoms with Gasteiger partial charge in [0.25, 0.3) is 0 Å². The molecule has 2 aromatic carbocycles. The summed E-state index contributed by atoms with van der Waals surface area (Å²) in [6.45, 7) is 6.65. The maximum atomic E-state index is 11.4. The van der Waals surface area contributed by atoms with Crippen molar-refractivity contribution in [2.45, 2.75) is 20.8 Å². The third-order valence-electron chi connectivity index (χ3n) is 2.91. The molecule has 0 saturated carbocycles. The average molecular weight is 258 g/mol. The first-order valence-corrected chi connectivity index (χ1v) is 6.50. The molecule has 0 heterocycles. The van der Waals surface area contributed by atoms with Gasteiger partial charge < -0.3 is 9.47 Å². The highest BCUT2D eigenvalue weighted by Crippen LogP contribution is 2.32. The number of benzene rings is 2. The molecule has 0 aliphatic heterocycles. The van der Waals surface area contributed by atoms with Gasteiger partial charge >= 0.3 is 0 Å². The van der Waals surface area contributed by atoms with E-state index in [9.17, 15) is 4.79 Å². The maximum Gasteiger partial charge on any atom is 0.159 e. The molecular weight excluding hydrogens is 240 g/mol. The Hall–Kier alpha value is -2.03. The molecule has 0 amide bonds. The van der Waals surface area contributed by atoms with Gasteiger partial charge in [-0.15, -0.1) is 0 Å². The van der Waals surface area contributed by atoms with Crippen LogP contribution in [-0.4, -0.2) is 19.0 Å². The van der Waals surface area contributed by atoms with E-state index in [0.29, 0.717) is 18.8 Å². The molecule has 0 aromatic heterocycles. The summed E-state index contributed by atoms with van der Waals surface area (Å²) in [5.41, 5.74) is 0.698. The van der Waals surface area contributed by atoms with Crippen LogP contribution in [0.1, 0.15) is 31.1 Å². The molecule has 100 valence electrons. The Bertz CT molecular complexity index is 602. The number of carbonyl (C=O) groups excluding carboxylic acids is 1. The highest BCUT2D eigenvalue weighted by molar-refractivity contribution is 6.00. The molecule has 0 radical (unpaired) electrons. The molecular formula is C16H18O3. The van der Waals surface area contributed by atoms with Gasteiger partial charge in [0.2, 0.25) is 0 Å². The number of fused-ring (bicyclic) bond motifs is 1. The van der Waals surface area contributed by atoms with Gasteiger partial charge in [-0.1, -0.05) is 6.07 Å². The lowest BCUT2D eigenvalue weighted by molar-refractivity contribution is 0.101. The van der Waals surface area contributed by atoms with Crippen molar-refractivity contribution in [2.75, 3.05) is 13.2 Å². The Labute approximate surface area is 113 Å². The third-order valence-corrected chi connectivity index (χ3v) is 2.91. The minimum absolute atomic E-state index is 0.0571. The number of rotatable bonds is 5. The lowest BCUT2D eigenvalue weighted by atomic mass is 10.0. The first kappa shape index (κ1) is 13.4. The minimum Gasteiger partial charge on any atom is -0.494 e. The summed E-state index contributed by atoms with van der Waals surface area (Å²) in [6.07, 6.45) is 0. The van der Waals surface area contributed by atoms with Crippen LogP contribution in [0.15, 0.2) is 30.3 Å². The van der Waals surface area contributed by atoms with Crippen LogP contribution in [0.3, 0.4) is 0 Å². The zero-order chi connectivity index (χ0) is 13.8. The molecule has 19 heavy (non-hydrogen) atoms. The van der Waals surface area contributed by atoms with Crippen molar-refractivity contribution in [2.24, 2.45) is 0 Å². The Morgan fingerprint density at radius 2 is 1.79 bits per heavy atom. The second-order valence-electron chi connectivity index (χ2n) is 4.28. The molecule has 0 fully saturated rings. The fraction of sp³-hybridized carbons (Fsp3) is 0.312. The highest BCUT2D eigenvalue weighted by Gasteiger charge is 2.08. The normalized spacial score (nSPS) is 10.5. The summed E-state index contributed by atoms with van der Waals surface area (Å²) in [4.78, 5) is 11.4. The van der Waals surface area contributed by atoms with Gasteiger partial charge in [-0.2, -0.15) is 0 Å². The van der Waals surface area contributed by atoms with E-state index in [1.165, 1.54) is 0 Å². The van der Waals surface area contributed by atoms with Crippen molar-refractivity contribution in [3.8, 4) is 11.5 Å². The summed E-state index contributed by atoms with van der Waals surface area (Å²) < 4.78 is 11.2. The number of hydrogen-bond acceptors (Lipinski definition) is 3. The van der Waals surface area contributed by atoms with Crippen LogP contribution in [0, 0.1) is 0 Å². The lowest BCUT2D eigenvalue weighted by Crippen LogP contribution is -1.97. The summed E-state index contributed by atoms with van der Waals surface area (Å²) in [5, 5.41) is 1.96. The van der Waals surface area contributed by atoms with Crippen LogP contribution in [0.2, 0.25) is 0 Å². The molecule has 0 atom stereocenters. The van der Waals surface area contributed by atoms with E-state index in [1.54, 1.807) is 6.92 Å². The summed E-state index contributed by atoms with van der Waals surface area (Å²) in [6, 6.07) is 9.46. The third kappa shape index (κ3) is 2.87. The highest BCUT2D eigenvalue weighted by atomic mass is 16.5. The Kier molecular flexibility index (Phi) is 4.05. The van der Waals surface area contributed by atoms with E-state index >= 15 is 0 Å². The second kappa shape index (κ2) is 5.74. The van der Waals surface area contributed by atoms with E-state index in [1.807, 2.05) is 44.2 Å². The van der Waals surface area contributed by atoms with Crippen LogP contribution in [0.25, 0.3) is 10.8 Å². The molecule has 0 unspecified atom stereocenters. The number of ether oxygens (including phenoxy) is 2. The molecule has 0 N–H and O–H groups in total. The lowest BCUT2D eigenvalue weighted by Gasteiger charge is -2.11. The topological polar surface area (TPSA) is 35.5 Å². The van der Waals surface area contributed by atoms with Gasteiger partial charge in [-0.25, -0.2) is 0 Å². The van der Waals surface area contributed by atoms with Gasteiger partial charge in [0, 0.05) is 17.0 Å². The molecule has 0 bridgehead atoms. The molecule has 2 rings (SSSR count). The number of Topliss-reactive ketones (excluding diaryl/α,β-unsaturated/α-hetero) is 1. The van der Waals surface area contributed by atoms with Crippen molar-refractivity contribution in [1.29, 1.82) is 0 Å². The zero-order valence-electron chi connectivity index (χ0n) is 11.5. The van der Waals surface area contributed by atoms with Crippen LogP contribution < -0.4 is 9.47 Å². The molecule has 0 saturated heterocycles. The van der Waals surface area contributed by atoms with E-state index in [4.69, 9.17) is 9.47 Å². The quantitative estimate of drug-likeness (QED) is 0.764. The Morgan fingerprint density at radius 1 is 1.05 bits per heavy atom. The Balaban J connectivity index is 2.60. The van der Waals surface area contributed by atoms with Crippen molar-refractivity contribution >= 4 is 16.6 Å². The molecule has 0 aliphatic rings. The molecule has 2 aromatic rings. The number of hydrogen-bond donors (Lipinski definition) is 0. The van der Waals surface area contributed by atoms with Gasteiger partial charge in [0.05, 0.1) is 13.2 Å². The van der Waals surface area contributed by atoms with Crippen molar-refractivity contribution in [3.63, 3.8) is 0 Å². The van der Waals surface area contributed by atoms with Gasteiger partial charge in [0.1, 0.15) is 11.5 Å². The van der Waals surface area contributed by atoms with E-state index in [-0.39, 0.29) is 5.78 Å². The minimum atomic E-state index is 0.0571. The average Bonchev–Trinajstić information content (AvgIpc) is 2.38. The largest absolute Gasteiger partial charge is 0.494 e. The maximum absolute atomic E-state index is 11.4. The van der Waals surface area contributed by atoms with Crippen LogP contribution in [-0.2, 0) is 0 Å². The standard InChI is InChI=1S/C16H18O3/c1-4-18-14-9-13-8-12(11(3)17)6-7-15(13)16(10-14)19-5-2/h6-10H,4-5H2,1-3H3. The van der Waals surface area contributed by atoms with Gasteiger partial charge in [0.15, 0.2) is 5.78 Å².